The van der Waals surface area contributed by atoms with E-state index in [2.05, 4.69) is 24.8 Å². The van der Waals surface area contributed by atoms with Crippen molar-refractivity contribution in [3.8, 4) is 0 Å². The minimum atomic E-state index is -0.176. The zero-order chi connectivity index (χ0) is 19.8. The number of nitrogens with zero attached hydrogens (tertiary/aromatic N) is 5. The van der Waals surface area contributed by atoms with E-state index in [4.69, 9.17) is 0 Å². The molecule has 2 aromatic heterocycles. The fourth-order valence-corrected chi connectivity index (χ4v) is 4.33. The number of piperazine rings is 1. The van der Waals surface area contributed by atoms with Crippen LogP contribution < -0.4 is 15.6 Å². The minimum absolute atomic E-state index is 0. The molecule has 1 N–H and O–H groups in total. The molecule has 10 heteroatoms. The maximum Gasteiger partial charge on any atom is 0.253 e. The first-order valence-electron chi connectivity index (χ1n) is 10.0. The van der Waals surface area contributed by atoms with Gasteiger partial charge in [-0.05, 0) is 24.5 Å². The summed E-state index contributed by atoms with van der Waals surface area (Å²) in [5, 5.41) is 1.50. The lowest BCUT2D eigenvalue weighted by Gasteiger charge is -2.35. The lowest BCUT2D eigenvalue weighted by molar-refractivity contribution is 0.249. The highest BCUT2D eigenvalue weighted by atomic mass is 35.5. The summed E-state index contributed by atoms with van der Waals surface area (Å²) in [6.45, 7) is 4.77. The van der Waals surface area contributed by atoms with Crippen LogP contribution in [0.1, 0.15) is 17.5 Å². The smallest absolute Gasteiger partial charge is 0.253 e. The summed E-state index contributed by atoms with van der Waals surface area (Å²) in [5.41, 5.74) is 2.64. The Morgan fingerprint density at radius 1 is 1.06 bits per heavy atom. The summed E-state index contributed by atoms with van der Waals surface area (Å²) in [6, 6.07) is 5.96. The van der Waals surface area contributed by atoms with Crippen LogP contribution >= 0.6 is 24.8 Å². The Labute approximate surface area is 192 Å². The molecule has 166 valence electrons. The lowest BCUT2D eigenvalue weighted by Crippen LogP contribution is -2.46. The normalized spacial score (nSPS) is 16.4. The molecule has 0 aliphatic carbocycles. The largest absolute Gasteiger partial charge is 0.353 e. The van der Waals surface area contributed by atoms with Gasteiger partial charge in [0.1, 0.15) is 5.82 Å². The molecule has 3 aromatic rings. The van der Waals surface area contributed by atoms with Crippen molar-refractivity contribution >= 4 is 47.2 Å². The third-order valence-electron chi connectivity index (χ3n) is 5.82. The zero-order valence-corrected chi connectivity index (χ0v) is 18.6. The second-order valence-corrected chi connectivity index (χ2v) is 7.68. The third-order valence-corrected chi connectivity index (χ3v) is 5.82. The van der Waals surface area contributed by atoms with Crippen molar-refractivity contribution in [3.63, 3.8) is 0 Å². The van der Waals surface area contributed by atoms with E-state index in [1.807, 2.05) is 18.2 Å². The van der Waals surface area contributed by atoms with Crippen LogP contribution in [0.3, 0.4) is 0 Å². The van der Waals surface area contributed by atoms with Crippen molar-refractivity contribution in [2.45, 2.75) is 19.4 Å². The number of anilines is 2. The van der Waals surface area contributed by atoms with E-state index < -0.39 is 0 Å². The monoisotopic (exact) mass is 466 g/mol. The van der Waals surface area contributed by atoms with Gasteiger partial charge in [-0.15, -0.1) is 24.8 Å². The molecule has 0 amide bonds. The highest BCUT2D eigenvalue weighted by Gasteiger charge is 2.23. The van der Waals surface area contributed by atoms with Crippen LogP contribution in [0.15, 0.2) is 41.6 Å². The molecule has 4 heterocycles. The molecule has 0 radical (unpaired) electrons. The van der Waals surface area contributed by atoms with Crippen molar-refractivity contribution < 1.29 is 4.48 Å². The molecule has 31 heavy (non-hydrogen) atoms. The molecule has 2 aliphatic heterocycles. The summed E-state index contributed by atoms with van der Waals surface area (Å²) < 4.78 is 14.4. The molecule has 0 atom stereocenters. The van der Waals surface area contributed by atoms with Crippen LogP contribution in [0.5, 0.6) is 0 Å². The Bertz CT molecular complexity index is 1090. The summed E-state index contributed by atoms with van der Waals surface area (Å²) in [7, 11) is 0. The topological polar surface area (TPSA) is 68.4 Å². The van der Waals surface area contributed by atoms with Gasteiger partial charge in [-0.25, -0.2) is 10.1 Å². The number of pyridine rings is 1. The van der Waals surface area contributed by atoms with E-state index in [9.17, 15) is 9.28 Å². The minimum Gasteiger partial charge on any atom is -0.353 e. The van der Waals surface area contributed by atoms with E-state index in [0.29, 0.717) is 36.2 Å². The molecule has 0 saturated carbocycles. The van der Waals surface area contributed by atoms with Crippen LogP contribution in [0, 0.1) is 0 Å². The van der Waals surface area contributed by atoms with E-state index in [1.54, 1.807) is 18.6 Å². The van der Waals surface area contributed by atoms with Gasteiger partial charge in [-0.1, -0.05) is 16.6 Å². The molecule has 0 unspecified atom stereocenters. The predicted molar refractivity (Wildman–Crippen MR) is 125 cm³/mol. The van der Waals surface area contributed by atoms with Gasteiger partial charge in [-0.3, -0.25) is 14.7 Å². The quantitative estimate of drug-likeness (QED) is 0.598. The average Bonchev–Trinajstić information content (AvgIpc) is 2.75. The van der Waals surface area contributed by atoms with Gasteiger partial charge in [0.05, 0.1) is 23.9 Å². The van der Waals surface area contributed by atoms with Gasteiger partial charge in [0.25, 0.3) is 5.56 Å². The third kappa shape index (κ3) is 4.61. The highest BCUT2D eigenvalue weighted by Crippen LogP contribution is 2.32. The zero-order valence-electron chi connectivity index (χ0n) is 17.0. The van der Waals surface area contributed by atoms with E-state index in [1.165, 1.54) is 0 Å². The Hall–Kier alpha value is -2.42. The van der Waals surface area contributed by atoms with E-state index in [-0.39, 0.29) is 30.4 Å². The number of fused-ring (bicyclic) bond motifs is 3. The second kappa shape index (κ2) is 9.80. The molecular weight excluding hydrogens is 442 g/mol. The summed E-state index contributed by atoms with van der Waals surface area (Å²) in [6.07, 6.45) is 6.48. The fourth-order valence-electron chi connectivity index (χ4n) is 4.33. The predicted octanol–water partition coefficient (Wildman–Crippen LogP) is 3.12. The summed E-state index contributed by atoms with van der Waals surface area (Å²) >= 11 is 0. The Kier molecular flexibility index (Phi) is 7.35. The lowest BCUT2D eigenvalue weighted by atomic mass is 10.0. The number of rotatable bonds is 3. The van der Waals surface area contributed by atoms with E-state index >= 15 is 0 Å². The fraction of sp³-hybridized carbons (Fsp3) is 0.381. The standard InChI is InChI=1S/C21H23FN6O.2ClH/c22-28-7-1-2-17-20(28)16-4-3-15(12-18(16)25-21(17)29)14-26-8-10-27(11-9-26)19-13-23-5-6-24-19;;/h3-6,12-13H,1-2,7-11,14H2,(H,25,29);2*1H. The number of halogens is 3. The van der Waals surface area contributed by atoms with Crippen LogP contribution in [0.25, 0.3) is 10.9 Å². The Balaban J connectivity index is 0.00000136. The number of aromatic amines is 1. The van der Waals surface area contributed by atoms with Crippen LogP contribution in [0.2, 0.25) is 0 Å². The summed E-state index contributed by atoms with van der Waals surface area (Å²) in [5.74, 6) is 0.913. The molecule has 5 rings (SSSR count). The van der Waals surface area contributed by atoms with Crippen LogP contribution in [-0.2, 0) is 13.0 Å². The Morgan fingerprint density at radius 2 is 1.87 bits per heavy atom. The summed E-state index contributed by atoms with van der Waals surface area (Å²) in [4.78, 5) is 28.5. The molecule has 1 fully saturated rings. The average molecular weight is 467 g/mol. The van der Waals surface area contributed by atoms with Gasteiger partial charge >= 0.3 is 0 Å². The second-order valence-electron chi connectivity index (χ2n) is 7.68. The van der Waals surface area contributed by atoms with Crippen LogP contribution in [-0.4, -0.2) is 52.6 Å². The van der Waals surface area contributed by atoms with E-state index in [0.717, 1.165) is 54.6 Å². The number of hydrogen-bond donors (Lipinski definition) is 1. The van der Waals surface area contributed by atoms with Gasteiger partial charge in [0, 0.05) is 56.1 Å². The molecule has 0 bridgehead atoms. The first-order valence-corrected chi connectivity index (χ1v) is 10.0. The molecular formula is C21H25Cl2FN6O. The van der Waals surface area contributed by atoms with Gasteiger partial charge in [0.2, 0.25) is 0 Å². The maximum atomic E-state index is 14.4. The molecule has 0 spiro atoms. The van der Waals surface area contributed by atoms with Gasteiger partial charge in [0.15, 0.2) is 0 Å². The number of aromatic nitrogens is 3. The first kappa shape index (κ1) is 23.2. The van der Waals surface area contributed by atoms with Crippen molar-refractivity contribution in [1.29, 1.82) is 0 Å². The molecule has 7 nitrogen and oxygen atoms in total. The van der Waals surface area contributed by atoms with Crippen molar-refractivity contribution in [1.82, 2.24) is 19.9 Å². The maximum absolute atomic E-state index is 14.4. The number of nitrogens with one attached hydrogen (secondary N) is 1. The van der Waals surface area contributed by atoms with Crippen molar-refractivity contribution in [2.75, 3.05) is 42.7 Å². The number of benzene rings is 1. The number of hydrogen-bond acceptors (Lipinski definition) is 6. The van der Waals surface area contributed by atoms with Crippen molar-refractivity contribution in [2.24, 2.45) is 0 Å². The van der Waals surface area contributed by atoms with Gasteiger partial charge in [-0.2, -0.15) is 0 Å². The molecule has 1 saturated heterocycles. The van der Waals surface area contributed by atoms with Crippen LogP contribution in [0.4, 0.5) is 16.0 Å². The Morgan fingerprint density at radius 3 is 2.61 bits per heavy atom. The number of H-pyrrole nitrogens is 1. The molecule has 1 aromatic carbocycles. The SMILES string of the molecule is Cl.Cl.O=c1[nH]c2cc(CN3CCN(c4cnccn4)CC3)ccc2c2c1CCCN2F. The molecule has 2 aliphatic rings. The van der Waals surface area contributed by atoms with Crippen molar-refractivity contribution in [3.05, 3.63) is 58.3 Å². The highest BCUT2D eigenvalue weighted by molar-refractivity contribution is 5.93. The van der Waals surface area contributed by atoms with Gasteiger partial charge < -0.3 is 9.88 Å². The first-order chi connectivity index (χ1) is 14.2.